The number of amides is 1. The van der Waals surface area contributed by atoms with Gasteiger partial charge in [0.2, 0.25) is 5.91 Å². The van der Waals surface area contributed by atoms with Crippen molar-refractivity contribution in [2.75, 3.05) is 5.32 Å². The molecule has 8 heteroatoms. The van der Waals surface area contributed by atoms with Crippen LogP contribution in [0, 0.1) is 11.6 Å². The fourth-order valence-corrected chi connectivity index (χ4v) is 3.08. The van der Waals surface area contributed by atoms with Crippen molar-refractivity contribution in [2.24, 2.45) is 4.99 Å². The van der Waals surface area contributed by atoms with Crippen LogP contribution in [0.2, 0.25) is 0 Å². The van der Waals surface area contributed by atoms with E-state index in [2.05, 4.69) is 10.3 Å². The van der Waals surface area contributed by atoms with Crippen LogP contribution in [0.1, 0.15) is 30.4 Å². The normalized spacial score (nSPS) is 19.7. The van der Waals surface area contributed by atoms with Crippen LogP contribution in [0.4, 0.5) is 27.6 Å². The standard InChI is InChI=1S/C19H15F5N2O/c1-10-9-13(11-5-7-12(8-6-11)19(22,23)24)17(25-10)18(27)26-15-4-2-3-14(20)16(15)21/h2-8,13,17H,9H2,1H3,(H,26,27)/t13-,17+/m0/s1. The Kier molecular flexibility index (Phi) is 4.99. The molecule has 2 atom stereocenters. The van der Waals surface area contributed by atoms with E-state index >= 15 is 0 Å². The maximum atomic E-state index is 13.8. The number of hydrogen-bond acceptors (Lipinski definition) is 2. The van der Waals surface area contributed by atoms with Gasteiger partial charge in [-0.3, -0.25) is 9.79 Å². The van der Waals surface area contributed by atoms with Crippen LogP contribution >= 0.6 is 0 Å². The lowest BCUT2D eigenvalue weighted by Gasteiger charge is -2.19. The summed E-state index contributed by atoms with van der Waals surface area (Å²) in [6, 6.07) is 6.97. The van der Waals surface area contributed by atoms with E-state index in [0.717, 1.165) is 18.2 Å². The second kappa shape index (κ2) is 7.09. The summed E-state index contributed by atoms with van der Waals surface area (Å²) in [5.74, 6) is -3.42. The van der Waals surface area contributed by atoms with Gasteiger partial charge in [0, 0.05) is 11.6 Å². The molecule has 1 aliphatic heterocycles. The Labute approximate surface area is 151 Å². The predicted octanol–water partition coefficient (Wildman–Crippen LogP) is 4.94. The van der Waals surface area contributed by atoms with E-state index in [0.29, 0.717) is 17.7 Å². The number of nitrogens with one attached hydrogen (secondary N) is 1. The summed E-state index contributed by atoms with van der Waals surface area (Å²) in [7, 11) is 0. The predicted molar refractivity (Wildman–Crippen MR) is 90.7 cm³/mol. The SMILES string of the molecule is CC1=N[C@@H](C(=O)Nc2cccc(F)c2F)[C@H](c2ccc(C(F)(F)F)cc2)C1. The van der Waals surface area contributed by atoms with Crippen LogP contribution < -0.4 is 5.32 Å². The minimum absolute atomic E-state index is 0.314. The second-order valence-electron chi connectivity index (χ2n) is 6.33. The molecule has 27 heavy (non-hydrogen) atoms. The zero-order valence-electron chi connectivity index (χ0n) is 14.1. The van der Waals surface area contributed by atoms with Crippen molar-refractivity contribution < 1.29 is 26.7 Å². The number of benzene rings is 2. The van der Waals surface area contributed by atoms with Crippen molar-refractivity contribution in [3.05, 3.63) is 65.2 Å². The molecular formula is C19H15F5N2O. The number of alkyl halides is 3. The first-order chi connectivity index (χ1) is 12.7. The minimum Gasteiger partial charge on any atom is -0.322 e. The Morgan fingerprint density at radius 2 is 1.78 bits per heavy atom. The number of rotatable bonds is 3. The topological polar surface area (TPSA) is 41.5 Å². The van der Waals surface area contributed by atoms with Crippen LogP contribution in [-0.2, 0) is 11.0 Å². The van der Waals surface area contributed by atoms with Crippen LogP contribution in [0.25, 0.3) is 0 Å². The highest BCUT2D eigenvalue weighted by atomic mass is 19.4. The summed E-state index contributed by atoms with van der Waals surface area (Å²) in [5, 5.41) is 2.31. The van der Waals surface area contributed by atoms with Crippen molar-refractivity contribution in [1.82, 2.24) is 0 Å². The summed E-state index contributed by atoms with van der Waals surface area (Å²) in [6.45, 7) is 1.70. The van der Waals surface area contributed by atoms with E-state index in [4.69, 9.17) is 0 Å². The molecule has 1 N–H and O–H groups in total. The summed E-state index contributed by atoms with van der Waals surface area (Å²) >= 11 is 0. The van der Waals surface area contributed by atoms with Gasteiger partial charge in [-0.2, -0.15) is 13.2 Å². The number of anilines is 1. The molecule has 1 aliphatic rings. The van der Waals surface area contributed by atoms with E-state index in [-0.39, 0.29) is 5.69 Å². The summed E-state index contributed by atoms with van der Waals surface area (Å²) in [4.78, 5) is 16.8. The molecule has 0 aromatic heterocycles. The molecule has 0 saturated carbocycles. The average molecular weight is 382 g/mol. The van der Waals surface area contributed by atoms with E-state index in [1.807, 2.05) is 0 Å². The molecule has 0 aliphatic carbocycles. The summed E-state index contributed by atoms with van der Waals surface area (Å²) < 4.78 is 65.2. The first-order valence-electron chi connectivity index (χ1n) is 8.12. The van der Waals surface area contributed by atoms with Gasteiger partial charge in [0.15, 0.2) is 11.6 Å². The summed E-state index contributed by atoms with van der Waals surface area (Å²) in [5.41, 5.74) is 0.0684. The lowest BCUT2D eigenvalue weighted by Crippen LogP contribution is -2.30. The first kappa shape index (κ1) is 19.0. The number of carbonyl (C=O) groups excluding carboxylic acids is 1. The number of nitrogens with zero attached hydrogens (tertiary/aromatic N) is 1. The Morgan fingerprint density at radius 1 is 1.11 bits per heavy atom. The number of aliphatic imine (C=N–C) groups is 1. The third-order valence-corrected chi connectivity index (χ3v) is 4.40. The van der Waals surface area contributed by atoms with Crippen LogP contribution in [-0.4, -0.2) is 17.7 Å². The van der Waals surface area contributed by atoms with Gasteiger partial charge in [0.05, 0.1) is 11.3 Å². The van der Waals surface area contributed by atoms with Gasteiger partial charge >= 0.3 is 6.18 Å². The third-order valence-electron chi connectivity index (χ3n) is 4.40. The molecule has 2 aromatic rings. The number of halogens is 5. The highest BCUT2D eigenvalue weighted by Gasteiger charge is 2.36. The van der Waals surface area contributed by atoms with Gasteiger partial charge < -0.3 is 5.32 Å². The Morgan fingerprint density at radius 3 is 2.41 bits per heavy atom. The van der Waals surface area contributed by atoms with Gasteiger partial charge in [-0.05, 0) is 43.2 Å². The molecule has 1 amide bonds. The zero-order valence-corrected chi connectivity index (χ0v) is 14.1. The molecule has 3 rings (SSSR count). The smallest absolute Gasteiger partial charge is 0.322 e. The molecule has 0 unspecified atom stereocenters. The van der Waals surface area contributed by atoms with Crippen molar-refractivity contribution >= 4 is 17.3 Å². The maximum Gasteiger partial charge on any atom is 0.416 e. The fraction of sp³-hybridized carbons (Fsp3) is 0.263. The molecule has 1 heterocycles. The largest absolute Gasteiger partial charge is 0.416 e. The van der Waals surface area contributed by atoms with Crippen molar-refractivity contribution in [3.8, 4) is 0 Å². The van der Waals surface area contributed by atoms with Crippen molar-refractivity contribution in [3.63, 3.8) is 0 Å². The molecule has 2 aromatic carbocycles. The van der Waals surface area contributed by atoms with Crippen LogP contribution in [0.15, 0.2) is 47.5 Å². The molecule has 0 fully saturated rings. The molecular weight excluding hydrogens is 367 g/mol. The highest BCUT2D eigenvalue weighted by Crippen LogP contribution is 2.35. The van der Waals surface area contributed by atoms with Crippen LogP contribution in [0.5, 0.6) is 0 Å². The summed E-state index contributed by atoms with van der Waals surface area (Å²) in [6.07, 6.45) is -4.07. The lowest BCUT2D eigenvalue weighted by molar-refractivity contribution is -0.137. The Balaban J connectivity index is 1.83. The number of hydrogen-bond donors (Lipinski definition) is 1. The van der Waals surface area contributed by atoms with E-state index in [9.17, 15) is 26.7 Å². The van der Waals surface area contributed by atoms with E-state index in [1.165, 1.54) is 24.3 Å². The molecule has 0 bridgehead atoms. The quantitative estimate of drug-likeness (QED) is 0.751. The molecule has 142 valence electrons. The van der Waals surface area contributed by atoms with Gasteiger partial charge in [0.25, 0.3) is 0 Å². The molecule has 0 spiro atoms. The van der Waals surface area contributed by atoms with Crippen LogP contribution in [0.3, 0.4) is 0 Å². The Bertz CT molecular complexity index is 890. The van der Waals surface area contributed by atoms with Gasteiger partial charge in [0.1, 0.15) is 6.04 Å². The molecule has 0 saturated heterocycles. The second-order valence-corrected chi connectivity index (χ2v) is 6.33. The first-order valence-corrected chi connectivity index (χ1v) is 8.12. The van der Waals surface area contributed by atoms with Crippen molar-refractivity contribution in [2.45, 2.75) is 31.5 Å². The maximum absolute atomic E-state index is 13.8. The minimum atomic E-state index is -4.45. The monoisotopic (exact) mass is 382 g/mol. The van der Waals surface area contributed by atoms with E-state index in [1.54, 1.807) is 6.92 Å². The van der Waals surface area contributed by atoms with Gasteiger partial charge in [-0.25, -0.2) is 8.78 Å². The van der Waals surface area contributed by atoms with E-state index < -0.39 is 41.2 Å². The van der Waals surface area contributed by atoms with Crippen molar-refractivity contribution in [1.29, 1.82) is 0 Å². The average Bonchev–Trinajstić information content (AvgIpc) is 3.00. The molecule has 3 nitrogen and oxygen atoms in total. The number of carbonyl (C=O) groups is 1. The highest BCUT2D eigenvalue weighted by molar-refractivity contribution is 6.00. The molecule has 0 radical (unpaired) electrons. The zero-order chi connectivity index (χ0) is 19.8. The van der Waals surface area contributed by atoms with Gasteiger partial charge in [-0.15, -0.1) is 0 Å². The van der Waals surface area contributed by atoms with Gasteiger partial charge in [-0.1, -0.05) is 18.2 Å². The lowest BCUT2D eigenvalue weighted by atomic mass is 9.89. The fourth-order valence-electron chi connectivity index (χ4n) is 3.08. The Hall–Kier alpha value is -2.77. The third kappa shape index (κ3) is 3.99.